The summed E-state index contributed by atoms with van der Waals surface area (Å²) in [4.78, 5) is 25.2. The Bertz CT molecular complexity index is 752. The lowest BCUT2D eigenvalue weighted by molar-refractivity contribution is 0.420. The molecule has 19 heavy (non-hydrogen) atoms. The standard InChI is InChI=1S/C12H10ClFN2O3/c1-2-7-10(17)15-12(19)16(11(7)18)9-4-3-6(13)5-8(9)14/h3-5,18H,2H2,1H3,(H,15,17,19). The number of aromatic amines is 1. The molecule has 2 N–H and O–H groups in total. The van der Waals surface area contributed by atoms with Gasteiger partial charge in [-0.3, -0.25) is 9.78 Å². The fourth-order valence-corrected chi connectivity index (χ4v) is 1.92. The van der Waals surface area contributed by atoms with Crippen molar-refractivity contribution in [2.24, 2.45) is 0 Å². The zero-order valence-corrected chi connectivity index (χ0v) is 10.7. The Morgan fingerprint density at radius 2 is 2.11 bits per heavy atom. The molecule has 2 aromatic rings. The normalized spacial score (nSPS) is 10.7. The van der Waals surface area contributed by atoms with E-state index in [0.29, 0.717) is 4.57 Å². The quantitative estimate of drug-likeness (QED) is 0.879. The van der Waals surface area contributed by atoms with Crippen molar-refractivity contribution in [3.05, 3.63) is 55.4 Å². The Kier molecular flexibility index (Phi) is 3.44. The first kappa shape index (κ1) is 13.4. The molecule has 0 aliphatic rings. The van der Waals surface area contributed by atoms with Gasteiger partial charge in [0.05, 0.1) is 11.3 Å². The summed E-state index contributed by atoms with van der Waals surface area (Å²) >= 11 is 5.62. The first-order chi connectivity index (χ1) is 8.95. The minimum Gasteiger partial charge on any atom is -0.494 e. The molecule has 0 aliphatic heterocycles. The fourth-order valence-electron chi connectivity index (χ4n) is 1.77. The predicted octanol–water partition coefficient (Wildman–Crippen LogP) is 1.59. The summed E-state index contributed by atoms with van der Waals surface area (Å²) < 4.78 is 14.5. The average Bonchev–Trinajstić information content (AvgIpc) is 2.31. The van der Waals surface area contributed by atoms with Gasteiger partial charge in [-0.2, -0.15) is 0 Å². The molecule has 0 spiro atoms. The van der Waals surface area contributed by atoms with Crippen molar-refractivity contribution in [3.8, 4) is 11.6 Å². The molecule has 0 saturated heterocycles. The summed E-state index contributed by atoms with van der Waals surface area (Å²) in [6, 6.07) is 3.64. The molecule has 7 heteroatoms. The highest BCUT2D eigenvalue weighted by Gasteiger charge is 2.16. The van der Waals surface area contributed by atoms with E-state index in [1.807, 2.05) is 4.98 Å². The van der Waals surface area contributed by atoms with Crippen molar-refractivity contribution in [2.45, 2.75) is 13.3 Å². The first-order valence-corrected chi connectivity index (χ1v) is 5.86. The van der Waals surface area contributed by atoms with Gasteiger partial charge in [-0.25, -0.2) is 13.8 Å². The van der Waals surface area contributed by atoms with Gasteiger partial charge in [0.25, 0.3) is 5.56 Å². The highest BCUT2D eigenvalue weighted by atomic mass is 35.5. The molecular formula is C12H10ClFN2O3. The summed E-state index contributed by atoms with van der Waals surface area (Å²) in [5, 5.41) is 10.1. The van der Waals surface area contributed by atoms with Gasteiger partial charge in [-0.15, -0.1) is 0 Å². The van der Waals surface area contributed by atoms with Crippen molar-refractivity contribution in [2.75, 3.05) is 0 Å². The van der Waals surface area contributed by atoms with Crippen molar-refractivity contribution in [3.63, 3.8) is 0 Å². The van der Waals surface area contributed by atoms with E-state index in [9.17, 15) is 19.1 Å². The zero-order chi connectivity index (χ0) is 14.2. The van der Waals surface area contributed by atoms with Crippen LogP contribution in [-0.4, -0.2) is 14.7 Å². The molecule has 0 saturated carbocycles. The van der Waals surface area contributed by atoms with E-state index in [-0.39, 0.29) is 22.7 Å². The summed E-state index contributed by atoms with van der Waals surface area (Å²) in [5.41, 5.74) is -1.77. The van der Waals surface area contributed by atoms with Gasteiger partial charge in [0.15, 0.2) is 0 Å². The molecular weight excluding hydrogens is 275 g/mol. The van der Waals surface area contributed by atoms with E-state index in [2.05, 4.69) is 0 Å². The van der Waals surface area contributed by atoms with E-state index in [0.717, 1.165) is 6.07 Å². The number of halogens is 2. The lowest BCUT2D eigenvalue weighted by atomic mass is 10.2. The Morgan fingerprint density at radius 3 is 2.68 bits per heavy atom. The van der Waals surface area contributed by atoms with E-state index >= 15 is 0 Å². The molecule has 0 amide bonds. The number of H-pyrrole nitrogens is 1. The minimum atomic E-state index is -0.916. The van der Waals surface area contributed by atoms with Crippen LogP contribution in [0.15, 0.2) is 27.8 Å². The molecule has 2 rings (SSSR count). The van der Waals surface area contributed by atoms with Crippen LogP contribution in [0.2, 0.25) is 5.02 Å². The number of hydrogen-bond acceptors (Lipinski definition) is 3. The van der Waals surface area contributed by atoms with Crippen LogP contribution in [0.5, 0.6) is 5.88 Å². The van der Waals surface area contributed by atoms with Crippen molar-refractivity contribution < 1.29 is 9.50 Å². The molecule has 0 fully saturated rings. The van der Waals surface area contributed by atoms with Crippen LogP contribution in [0.1, 0.15) is 12.5 Å². The maximum absolute atomic E-state index is 13.8. The molecule has 1 heterocycles. The molecule has 0 unspecified atom stereocenters. The second kappa shape index (κ2) is 4.89. The maximum Gasteiger partial charge on any atom is 0.335 e. The molecule has 5 nitrogen and oxygen atoms in total. The van der Waals surface area contributed by atoms with Gasteiger partial charge in [0, 0.05) is 5.02 Å². The van der Waals surface area contributed by atoms with Gasteiger partial charge in [-0.1, -0.05) is 18.5 Å². The second-order valence-electron chi connectivity index (χ2n) is 3.85. The molecule has 100 valence electrons. The fraction of sp³-hybridized carbons (Fsp3) is 0.167. The lowest BCUT2D eigenvalue weighted by Crippen LogP contribution is -2.31. The van der Waals surface area contributed by atoms with Gasteiger partial charge >= 0.3 is 5.69 Å². The van der Waals surface area contributed by atoms with Gasteiger partial charge in [-0.05, 0) is 24.6 Å². The number of aromatic hydroxyl groups is 1. The number of nitrogens with one attached hydrogen (secondary N) is 1. The second-order valence-corrected chi connectivity index (χ2v) is 4.28. The average molecular weight is 285 g/mol. The number of nitrogens with zero attached hydrogens (tertiary/aromatic N) is 1. The van der Waals surface area contributed by atoms with Crippen LogP contribution in [0.3, 0.4) is 0 Å². The molecule has 1 aromatic carbocycles. The Labute approximate surface area is 111 Å². The number of benzene rings is 1. The van der Waals surface area contributed by atoms with E-state index in [1.165, 1.54) is 12.1 Å². The summed E-state index contributed by atoms with van der Waals surface area (Å²) in [7, 11) is 0. The van der Waals surface area contributed by atoms with Crippen molar-refractivity contribution in [1.29, 1.82) is 0 Å². The predicted molar refractivity (Wildman–Crippen MR) is 68.7 cm³/mol. The van der Waals surface area contributed by atoms with Gasteiger partial charge in [0.2, 0.25) is 5.88 Å². The van der Waals surface area contributed by atoms with E-state index in [1.54, 1.807) is 6.92 Å². The molecule has 0 bridgehead atoms. The molecule has 0 radical (unpaired) electrons. The summed E-state index contributed by atoms with van der Waals surface area (Å²) in [5.74, 6) is -1.35. The number of rotatable bonds is 2. The van der Waals surface area contributed by atoms with Crippen LogP contribution in [0.4, 0.5) is 4.39 Å². The van der Waals surface area contributed by atoms with Crippen LogP contribution in [-0.2, 0) is 6.42 Å². The smallest absolute Gasteiger partial charge is 0.335 e. The van der Waals surface area contributed by atoms with Crippen LogP contribution < -0.4 is 11.2 Å². The highest BCUT2D eigenvalue weighted by Crippen LogP contribution is 2.21. The SMILES string of the molecule is CCc1c(O)n(-c2ccc(Cl)cc2F)c(=O)[nH]c1=O. The molecule has 0 aliphatic carbocycles. The van der Waals surface area contributed by atoms with Crippen LogP contribution in [0.25, 0.3) is 5.69 Å². The van der Waals surface area contributed by atoms with Gasteiger partial charge in [0.1, 0.15) is 5.82 Å². The zero-order valence-electron chi connectivity index (χ0n) is 9.91. The Morgan fingerprint density at radius 1 is 1.42 bits per heavy atom. The molecule has 0 atom stereocenters. The number of hydrogen-bond donors (Lipinski definition) is 2. The summed E-state index contributed by atoms with van der Waals surface area (Å²) in [6.45, 7) is 1.64. The van der Waals surface area contributed by atoms with Gasteiger partial charge < -0.3 is 5.11 Å². The van der Waals surface area contributed by atoms with Crippen LogP contribution >= 0.6 is 11.6 Å². The lowest BCUT2D eigenvalue weighted by Gasteiger charge is -2.11. The summed E-state index contributed by atoms with van der Waals surface area (Å²) in [6.07, 6.45) is 0.205. The minimum absolute atomic E-state index is 0.00829. The van der Waals surface area contributed by atoms with E-state index in [4.69, 9.17) is 11.6 Å². The third kappa shape index (κ3) is 2.26. The first-order valence-electron chi connectivity index (χ1n) is 5.48. The monoisotopic (exact) mass is 284 g/mol. The Hall–Kier alpha value is -2.08. The third-order valence-electron chi connectivity index (χ3n) is 2.68. The van der Waals surface area contributed by atoms with Crippen molar-refractivity contribution >= 4 is 11.6 Å². The maximum atomic E-state index is 13.8. The Balaban J connectivity index is 2.83. The third-order valence-corrected chi connectivity index (χ3v) is 2.92. The topological polar surface area (TPSA) is 75.1 Å². The largest absolute Gasteiger partial charge is 0.494 e. The van der Waals surface area contributed by atoms with E-state index < -0.39 is 22.9 Å². The van der Waals surface area contributed by atoms with Crippen LogP contribution in [0, 0.1) is 5.82 Å². The number of aromatic nitrogens is 2. The van der Waals surface area contributed by atoms with Crippen molar-refractivity contribution in [1.82, 2.24) is 9.55 Å². The highest BCUT2D eigenvalue weighted by molar-refractivity contribution is 6.30. The molecule has 1 aromatic heterocycles.